The highest BCUT2D eigenvalue weighted by molar-refractivity contribution is 7.71. The molecule has 20 heavy (non-hydrogen) atoms. The van der Waals surface area contributed by atoms with Crippen LogP contribution < -0.4 is 10.1 Å². The maximum atomic E-state index is 5.99. The van der Waals surface area contributed by atoms with E-state index in [2.05, 4.69) is 15.3 Å². The van der Waals surface area contributed by atoms with Gasteiger partial charge >= 0.3 is 0 Å². The first-order valence-electron chi connectivity index (χ1n) is 6.35. The van der Waals surface area contributed by atoms with Gasteiger partial charge in [-0.25, -0.2) is 4.98 Å². The van der Waals surface area contributed by atoms with E-state index in [-0.39, 0.29) is 0 Å². The number of aromatic amines is 1. The number of methoxy groups -OCH3 is 1. The first kappa shape index (κ1) is 13.5. The molecule has 1 aliphatic heterocycles. The number of hydrogen-bond donors (Lipinski definition) is 2. The van der Waals surface area contributed by atoms with Crippen molar-refractivity contribution in [2.75, 3.05) is 13.7 Å². The van der Waals surface area contributed by atoms with Gasteiger partial charge in [0.25, 0.3) is 0 Å². The highest BCUT2D eigenvalue weighted by Gasteiger charge is 2.15. The molecule has 0 saturated heterocycles. The van der Waals surface area contributed by atoms with E-state index in [4.69, 9.17) is 28.6 Å². The van der Waals surface area contributed by atoms with E-state index in [9.17, 15) is 0 Å². The van der Waals surface area contributed by atoms with Crippen LogP contribution in [0.5, 0.6) is 5.75 Å². The third-order valence-corrected chi connectivity index (χ3v) is 3.95. The Balaban J connectivity index is 2.16. The van der Waals surface area contributed by atoms with Gasteiger partial charge in [0.05, 0.1) is 12.7 Å². The van der Waals surface area contributed by atoms with Gasteiger partial charge in [-0.3, -0.25) is 0 Å². The van der Waals surface area contributed by atoms with Crippen LogP contribution in [0.25, 0.3) is 11.4 Å². The van der Waals surface area contributed by atoms with E-state index in [0.29, 0.717) is 15.4 Å². The molecule has 6 heteroatoms. The summed E-state index contributed by atoms with van der Waals surface area (Å²) in [5.41, 5.74) is 3.10. The second kappa shape index (κ2) is 5.52. The van der Waals surface area contributed by atoms with Crippen molar-refractivity contribution in [3.05, 3.63) is 39.1 Å². The molecule has 2 heterocycles. The zero-order valence-electron chi connectivity index (χ0n) is 11.0. The minimum absolute atomic E-state index is 0.631. The lowest BCUT2D eigenvalue weighted by Gasteiger charge is -2.18. The van der Waals surface area contributed by atoms with Gasteiger partial charge in [-0.1, -0.05) is 23.8 Å². The summed E-state index contributed by atoms with van der Waals surface area (Å²) in [4.78, 5) is 7.87. The largest absolute Gasteiger partial charge is 0.496 e. The quantitative estimate of drug-likeness (QED) is 0.837. The van der Waals surface area contributed by atoms with Crippen LogP contribution in [0, 0.1) is 4.64 Å². The molecule has 0 saturated carbocycles. The summed E-state index contributed by atoms with van der Waals surface area (Å²) in [5, 5.41) is 3.93. The fourth-order valence-electron chi connectivity index (χ4n) is 2.36. The molecule has 1 aromatic heterocycles. The van der Waals surface area contributed by atoms with Gasteiger partial charge in [-0.2, -0.15) is 0 Å². The van der Waals surface area contributed by atoms with Crippen molar-refractivity contribution in [3.8, 4) is 17.1 Å². The summed E-state index contributed by atoms with van der Waals surface area (Å²) in [7, 11) is 1.62. The number of hydrogen-bond acceptors (Lipinski definition) is 4. The SMILES string of the molecule is COc1cc(Cl)ccc1-c1nc(=S)c2c([nH]1)CCNC2. The zero-order valence-corrected chi connectivity index (χ0v) is 12.6. The summed E-state index contributed by atoms with van der Waals surface area (Å²) in [6, 6.07) is 5.48. The maximum Gasteiger partial charge on any atom is 0.142 e. The molecular formula is C14H14ClN3OS. The molecule has 0 unspecified atom stereocenters. The lowest BCUT2D eigenvalue weighted by Crippen LogP contribution is -2.25. The molecule has 0 aliphatic carbocycles. The topological polar surface area (TPSA) is 49.9 Å². The van der Waals surface area contributed by atoms with Crippen LogP contribution in [0.3, 0.4) is 0 Å². The molecule has 0 atom stereocenters. The molecule has 4 nitrogen and oxygen atoms in total. The maximum absolute atomic E-state index is 5.99. The Kier molecular flexibility index (Phi) is 3.74. The van der Waals surface area contributed by atoms with Crippen molar-refractivity contribution in [3.63, 3.8) is 0 Å². The Morgan fingerprint density at radius 3 is 3.05 bits per heavy atom. The van der Waals surface area contributed by atoms with Gasteiger partial charge in [0.2, 0.25) is 0 Å². The minimum Gasteiger partial charge on any atom is -0.496 e. The van der Waals surface area contributed by atoms with E-state index < -0.39 is 0 Å². The number of ether oxygens (including phenoxy) is 1. The van der Waals surface area contributed by atoms with Crippen LogP contribution in [0.15, 0.2) is 18.2 Å². The number of aromatic nitrogens is 2. The van der Waals surface area contributed by atoms with Crippen LogP contribution in [-0.2, 0) is 13.0 Å². The van der Waals surface area contributed by atoms with Crippen molar-refractivity contribution >= 4 is 23.8 Å². The predicted molar refractivity (Wildman–Crippen MR) is 81.8 cm³/mol. The summed E-state index contributed by atoms with van der Waals surface area (Å²) < 4.78 is 6.01. The first-order valence-corrected chi connectivity index (χ1v) is 7.14. The predicted octanol–water partition coefficient (Wildman–Crippen LogP) is 3.11. The number of benzene rings is 1. The van der Waals surface area contributed by atoms with Crippen LogP contribution >= 0.6 is 23.8 Å². The van der Waals surface area contributed by atoms with E-state index in [1.807, 2.05) is 12.1 Å². The Bertz CT molecular complexity index is 714. The number of nitrogens with one attached hydrogen (secondary N) is 2. The fraction of sp³-hybridized carbons (Fsp3) is 0.286. The van der Waals surface area contributed by atoms with Gasteiger partial charge in [0.15, 0.2) is 0 Å². The van der Waals surface area contributed by atoms with Crippen molar-refractivity contribution in [2.45, 2.75) is 13.0 Å². The second-order valence-electron chi connectivity index (χ2n) is 4.62. The standard InChI is InChI=1S/C14H14ClN3OS/c1-19-12-6-8(15)2-3-9(12)13-17-11-4-5-16-7-10(11)14(20)18-13/h2-3,6,16H,4-5,7H2,1H3,(H,17,18,20). The molecule has 0 fully saturated rings. The van der Waals surface area contributed by atoms with Crippen LogP contribution in [0.2, 0.25) is 5.02 Å². The molecule has 0 radical (unpaired) electrons. The zero-order chi connectivity index (χ0) is 14.1. The van der Waals surface area contributed by atoms with Crippen LogP contribution in [-0.4, -0.2) is 23.6 Å². The minimum atomic E-state index is 0.631. The van der Waals surface area contributed by atoms with Gasteiger partial charge in [0.1, 0.15) is 16.2 Å². The fourth-order valence-corrected chi connectivity index (χ4v) is 2.80. The van der Waals surface area contributed by atoms with E-state index in [1.165, 1.54) is 0 Å². The van der Waals surface area contributed by atoms with Crippen molar-refractivity contribution in [1.82, 2.24) is 15.3 Å². The highest BCUT2D eigenvalue weighted by Crippen LogP contribution is 2.31. The first-order chi connectivity index (χ1) is 9.69. The summed E-state index contributed by atoms with van der Waals surface area (Å²) >= 11 is 11.4. The number of nitrogens with zero attached hydrogens (tertiary/aromatic N) is 1. The Morgan fingerprint density at radius 2 is 2.25 bits per heavy atom. The Labute approximate surface area is 127 Å². The number of H-pyrrole nitrogens is 1. The number of rotatable bonds is 2. The molecule has 104 valence electrons. The summed E-state index contributed by atoms with van der Waals surface area (Å²) in [5.74, 6) is 1.41. The van der Waals surface area contributed by atoms with Gasteiger partial charge in [0, 0.05) is 35.8 Å². The molecule has 2 aromatic rings. The average molecular weight is 308 g/mol. The molecule has 1 aliphatic rings. The lowest BCUT2D eigenvalue weighted by molar-refractivity contribution is 0.416. The number of fused-ring (bicyclic) bond motifs is 1. The molecule has 0 spiro atoms. The van der Waals surface area contributed by atoms with Crippen LogP contribution in [0.1, 0.15) is 11.3 Å². The number of halogens is 1. The third kappa shape index (κ3) is 2.44. The van der Waals surface area contributed by atoms with E-state index in [1.54, 1.807) is 13.2 Å². The van der Waals surface area contributed by atoms with Gasteiger partial charge < -0.3 is 15.0 Å². The Hall–Kier alpha value is -1.43. The molecule has 1 aromatic carbocycles. The summed E-state index contributed by atoms with van der Waals surface area (Å²) in [6.07, 6.45) is 0.921. The van der Waals surface area contributed by atoms with Gasteiger partial charge in [-0.15, -0.1) is 0 Å². The van der Waals surface area contributed by atoms with Crippen molar-refractivity contribution < 1.29 is 4.74 Å². The molecule has 3 rings (SSSR count). The smallest absolute Gasteiger partial charge is 0.142 e. The normalized spacial score (nSPS) is 13.9. The molecule has 0 amide bonds. The van der Waals surface area contributed by atoms with Crippen LogP contribution in [0.4, 0.5) is 0 Å². The van der Waals surface area contributed by atoms with Gasteiger partial charge in [-0.05, 0) is 18.2 Å². The monoisotopic (exact) mass is 307 g/mol. The second-order valence-corrected chi connectivity index (χ2v) is 5.44. The molecule has 2 N–H and O–H groups in total. The van der Waals surface area contributed by atoms with E-state index >= 15 is 0 Å². The molecular weight excluding hydrogens is 294 g/mol. The van der Waals surface area contributed by atoms with E-state index in [0.717, 1.165) is 42.2 Å². The third-order valence-electron chi connectivity index (χ3n) is 3.38. The van der Waals surface area contributed by atoms with Crippen molar-refractivity contribution in [1.29, 1.82) is 0 Å². The average Bonchev–Trinajstić information content (AvgIpc) is 2.47. The molecule has 0 bridgehead atoms. The lowest BCUT2D eigenvalue weighted by atomic mass is 10.1. The highest BCUT2D eigenvalue weighted by atomic mass is 35.5. The summed E-state index contributed by atoms with van der Waals surface area (Å²) in [6.45, 7) is 1.72. The van der Waals surface area contributed by atoms with Crippen molar-refractivity contribution in [2.24, 2.45) is 0 Å². The Morgan fingerprint density at radius 1 is 1.40 bits per heavy atom.